The second-order valence-corrected chi connectivity index (χ2v) is 7.30. The Labute approximate surface area is 170 Å². The number of H-pyrrole nitrogens is 1. The predicted molar refractivity (Wildman–Crippen MR) is 116 cm³/mol. The van der Waals surface area contributed by atoms with Crippen LogP contribution in [0.2, 0.25) is 0 Å². The fraction of sp³-hybridized carbons (Fsp3) is 0.160. The van der Waals surface area contributed by atoms with Gasteiger partial charge in [-0.15, -0.1) is 0 Å². The molecule has 0 bridgehead atoms. The SMILES string of the molecule is c1ccc(-c2ccc(CC(c3cnc[nH]3)N3CCOc4ccccc43)cc2)cc1. The minimum Gasteiger partial charge on any atom is -0.490 e. The highest BCUT2D eigenvalue weighted by Gasteiger charge is 2.27. The van der Waals surface area contributed by atoms with Crippen LogP contribution >= 0.6 is 0 Å². The van der Waals surface area contributed by atoms with Crippen molar-refractivity contribution in [3.8, 4) is 16.9 Å². The third-order valence-electron chi connectivity index (χ3n) is 5.51. The molecule has 0 spiro atoms. The first-order chi connectivity index (χ1) is 14.4. The topological polar surface area (TPSA) is 41.2 Å². The van der Waals surface area contributed by atoms with Crippen molar-refractivity contribution in [2.45, 2.75) is 12.5 Å². The lowest BCUT2D eigenvalue weighted by molar-refractivity contribution is 0.299. The first kappa shape index (κ1) is 17.6. The van der Waals surface area contributed by atoms with Crippen molar-refractivity contribution in [1.29, 1.82) is 0 Å². The number of benzene rings is 3. The minimum absolute atomic E-state index is 0.171. The number of hydrogen-bond acceptors (Lipinski definition) is 3. The van der Waals surface area contributed by atoms with Gasteiger partial charge >= 0.3 is 0 Å². The van der Waals surface area contributed by atoms with E-state index in [-0.39, 0.29) is 6.04 Å². The number of imidazole rings is 1. The molecular formula is C25H23N3O. The van der Waals surface area contributed by atoms with Gasteiger partial charge in [0.2, 0.25) is 0 Å². The van der Waals surface area contributed by atoms with Gasteiger partial charge in [0.1, 0.15) is 12.4 Å². The molecule has 3 aromatic carbocycles. The first-order valence-electron chi connectivity index (χ1n) is 9.99. The molecule has 0 saturated heterocycles. The molecule has 1 aromatic heterocycles. The summed E-state index contributed by atoms with van der Waals surface area (Å²) in [6.45, 7) is 1.54. The number of para-hydroxylation sites is 2. The fourth-order valence-corrected chi connectivity index (χ4v) is 4.04. The second kappa shape index (κ2) is 7.84. The Kier molecular flexibility index (Phi) is 4.75. The lowest BCUT2D eigenvalue weighted by atomic mass is 9.98. The summed E-state index contributed by atoms with van der Waals surface area (Å²) in [5.74, 6) is 0.947. The zero-order valence-corrected chi connectivity index (χ0v) is 16.2. The molecule has 0 amide bonds. The molecular weight excluding hydrogens is 358 g/mol. The van der Waals surface area contributed by atoms with Crippen LogP contribution in [0.5, 0.6) is 5.75 Å². The third kappa shape index (κ3) is 3.61. The van der Waals surface area contributed by atoms with Gasteiger partial charge in [-0.25, -0.2) is 4.98 Å². The van der Waals surface area contributed by atoms with Gasteiger partial charge in [0, 0.05) is 0 Å². The van der Waals surface area contributed by atoms with E-state index in [0.717, 1.165) is 30.1 Å². The molecule has 1 atom stereocenters. The van der Waals surface area contributed by atoms with E-state index in [0.29, 0.717) is 6.61 Å². The van der Waals surface area contributed by atoms with Gasteiger partial charge in [-0.3, -0.25) is 0 Å². The zero-order valence-electron chi connectivity index (χ0n) is 16.2. The van der Waals surface area contributed by atoms with Gasteiger partial charge in [0.25, 0.3) is 0 Å². The molecule has 1 aliphatic rings. The highest BCUT2D eigenvalue weighted by molar-refractivity contribution is 5.64. The molecule has 4 aromatic rings. The summed E-state index contributed by atoms with van der Waals surface area (Å²) in [6.07, 6.45) is 4.58. The van der Waals surface area contributed by atoms with E-state index in [1.807, 2.05) is 24.4 Å². The predicted octanol–water partition coefficient (Wildman–Crippen LogP) is 5.26. The van der Waals surface area contributed by atoms with E-state index in [9.17, 15) is 0 Å². The summed E-state index contributed by atoms with van der Waals surface area (Å²) in [5.41, 5.74) is 6.04. The largest absolute Gasteiger partial charge is 0.490 e. The van der Waals surface area contributed by atoms with E-state index < -0.39 is 0 Å². The van der Waals surface area contributed by atoms with Crippen molar-refractivity contribution in [3.05, 3.63) is 103 Å². The van der Waals surface area contributed by atoms with Crippen LogP contribution in [-0.2, 0) is 6.42 Å². The van der Waals surface area contributed by atoms with Gasteiger partial charge in [-0.1, -0.05) is 66.7 Å². The fourth-order valence-electron chi connectivity index (χ4n) is 4.04. The van der Waals surface area contributed by atoms with Crippen LogP contribution in [0.3, 0.4) is 0 Å². The Morgan fingerprint density at radius 2 is 1.66 bits per heavy atom. The molecule has 1 unspecified atom stereocenters. The Balaban J connectivity index is 1.45. The molecule has 1 N–H and O–H groups in total. The summed E-state index contributed by atoms with van der Waals surface area (Å²) in [5, 5.41) is 0. The zero-order chi connectivity index (χ0) is 19.5. The van der Waals surface area contributed by atoms with E-state index in [2.05, 4.69) is 75.5 Å². The summed E-state index contributed by atoms with van der Waals surface area (Å²) >= 11 is 0. The average Bonchev–Trinajstić information content (AvgIpc) is 3.33. The van der Waals surface area contributed by atoms with Crippen molar-refractivity contribution in [2.24, 2.45) is 0 Å². The second-order valence-electron chi connectivity index (χ2n) is 7.30. The van der Waals surface area contributed by atoms with Crippen LogP contribution in [0.1, 0.15) is 17.3 Å². The Morgan fingerprint density at radius 1 is 0.897 bits per heavy atom. The number of anilines is 1. The maximum atomic E-state index is 5.87. The molecule has 4 nitrogen and oxygen atoms in total. The highest BCUT2D eigenvalue weighted by Crippen LogP contribution is 2.37. The molecule has 0 saturated carbocycles. The van der Waals surface area contributed by atoms with Gasteiger partial charge in [-0.2, -0.15) is 0 Å². The van der Waals surface area contributed by atoms with Gasteiger partial charge in [0.15, 0.2) is 0 Å². The monoisotopic (exact) mass is 381 g/mol. The molecule has 2 heterocycles. The Hall–Kier alpha value is -3.53. The first-order valence-corrected chi connectivity index (χ1v) is 9.99. The standard InChI is InChI=1S/C25H23N3O/c1-2-6-20(7-3-1)21-12-10-19(11-13-21)16-24(22-17-26-18-27-22)28-14-15-29-25-9-5-4-8-23(25)28/h1-13,17-18,24H,14-16H2,(H,26,27). The maximum Gasteiger partial charge on any atom is 0.142 e. The van der Waals surface area contributed by atoms with Crippen molar-refractivity contribution in [1.82, 2.24) is 9.97 Å². The number of rotatable bonds is 5. The summed E-state index contributed by atoms with van der Waals surface area (Å²) in [6, 6.07) is 27.8. The molecule has 0 radical (unpaired) electrons. The number of nitrogens with one attached hydrogen (secondary N) is 1. The number of ether oxygens (including phenoxy) is 1. The van der Waals surface area contributed by atoms with Crippen LogP contribution < -0.4 is 9.64 Å². The Bertz CT molecular complexity index is 1060. The molecule has 0 aliphatic carbocycles. The van der Waals surface area contributed by atoms with Crippen molar-refractivity contribution in [2.75, 3.05) is 18.1 Å². The molecule has 0 fully saturated rings. The highest BCUT2D eigenvalue weighted by atomic mass is 16.5. The quantitative estimate of drug-likeness (QED) is 0.513. The lowest BCUT2D eigenvalue weighted by Gasteiger charge is -2.37. The van der Waals surface area contributed by atoms with Gasteiger partial charge < -0.3 is 14.6 Å². The molecule has 1 aliphatic heterocycles. The third-order valence-corrected chi connectivity index (χ3v) is 5.51. The van der Waals surface area contributed by atoms with Gasteiger partial charge in [-0.05, 0) is 35.2 Å². The van der Waals surface area contributed by atoms with Crippen LogP contribution in [0.15, 0.2) is 91.4 Å². The van der Waals surface area contributed by atoms with Crippen LogP contribution in [0.4, 0.5) is 5.69 Å². The van der Waals surface area contributed by atoms with Crippen LogP contribution in [-0.4, -0.2) is 23.1 Å². The molecule has 4 heteroatoms. The molecule has 144 valence electrons. The van der Waals surface area contributed by atoms with Crippen molar-refractivity contribution < 1.29 is 4.74 Å². The maximum absolute atomic E-state index is 5.87. The summed E-state index contributed by atoms with van der Waals surface area (Å²) in [4.78, 5) is 10.0. The van der Waals surface area contributed by atoms with E-state index >= 15 is 0 Å². The van der Waals surface area contributed by atoms with Crippen molar-refractivity contribution in [3.63, 3.8) is 0 Å². The average molecular weight is 381 g/mol. The number of aromatic nitrogens is 2. The normalized spacial score (nSPS) is 14.1. The molecule has 29 heavy (non-hydrogen) atoms. The number of hydrogen-bond donors (Lipinski definition) is 1. The number of nitrogens with zero attached hydrogens (tertiary/aromatic N) is 2. The van der Waals surface area contributed by atoms with E-state index in [1.54, 1.807) is 6.33 Å². The molecule has 5 rings (SSSR count). The van der Waals surface area contributed by atoms with E-state index in [4.69, 9.17) is 4.74 Å². The number of aromatic amines is 1. The summed E-state index contributed by atoms with van der Waals surface area (Å²) in [7, 11) is 0. The summed E-state index contributed by atoms with van der Waals surface area (Å²) < 4.78 is 5.87. The van der Waals surface area contributed by atoms with Crippen LogP contribution in [0.25, 0.3) is 11.1 Å². The van der Waals surface area contributed by atoms with Gasteiger partial charge in [0.05, 0.1) is 36.5 Å². The number of fused-ring (bicyclic) bond motifs is 1. The minimum atomic E-state index is 0.171. The smallest absolute Gasteiger partial charge is 0.142 e. The van der Waals surface area contributed by atoms with E-state index in [1.165, 1.54) is 16.7 Å². The van der Waals surface area contributed by atoms with Crippen LogP contribution in [0, 0.1) is 0 Å². The Morgan fingerprint density at radius 3 is 2.45 bits per heavy atom. The van der Waals surface area contributed by atoms with Crippen molar-refractivity contribution >= 4 is 5.69 Å². The lowest BCUT2D eigenvalue weighted by Crippen LogP contribution is -2.37.